The van der Waals surface area contributed by atoms with Gasteiger partial charge in [0.25, 0.3) is 5.91 Å². The minimum Gasteiger partial charge on any atom is -0.496 e. The van der Waals surface area contributed by atoms with Crippen molar-refractivity contribution in [1.82, 2.24) is 0 Å². The van der Waals surface area contributed by atoms with Crippen LogP contribution in [0.4, 0.5) is 15.8 Å². The molecule has 0 N–H and O–H groups in total. The second-order valence-electron chi connectivity index (χ2n) is 7.51. The Morgan fingerprint density at radius 1 is 0.969 bits per heavy atom. The van der Waals surface area contributed by atoms with Gasteiger partial charge in [-0.3, -0.25) is 14.4 Å². The monoisotopic (exact) mass is 496 g/mol. The highest BCUT2D eigenvalue weighted by Gasteiger charge is 2.61. The van der Waals surface area contributed by atoms with E-state index in [9.17, 15) is 14.0 Å². The lowest BCUT2D eigenvalue weighted by atomic mass is 9.90. The van der Waals surface area contributed by atoms with Crippen molar-refractivity contribution in [3.63, 3.8) is 0 Å². The summed E-state index contributed by atoms with van der Waals surface area (Å²) in [7, 11) is 1.54. The van der Waals surface area contributed by atoms with Gasteiger partial charge in [0.1, 0.15) is 17.5 Å². The number of nitrogens with zero attached hydrogens (tertiary/aromatic N) is 2. The van der Waals surface area contributed by atoms with Crippen molar-refractivity contribution >= 4 is 39.1 Å². The summed E-state index contributed by atoms with van der Waals surface area (Å²) >= 11 is 3.48. The lowest BCUT2D eigenvalue weighted by molar-refractivity contribution is -0.126. The van der Waals surface area contributed by atoms with Crippen LogP contribution in [0.2, 0.25) is 0 Å². The summed E-state index contributed by atoms with van der Waals surface area (Å²) in [5, 5.41) is 1.58. The number of carbonyl (C=O) groups excluding carboxylic acids is 2. The van der Waals surface area contributed by atoms with E-state index in [1.165, 1.54) is 18.2 Å². The fourth-order valence-corrected chi connectivity index (χ4v) is 4.71. The summed E-state index contributed by atoms with van der Waals surface area (Å²) < 4.78 is 20.8. The lowest BCUT2D eigenvalue weighted by Gasteiger charge is -2.29. The van der Waals surface area contributed by atoms with Crippen LogP contribution in [0.25, 0.3) is 0 Å². The number of rotatable bonds is 4. The van der Waals surface area contributed by atoms with Crippen molar-refractivity contribution in [1.29, 1.82) is 0 Å². The molecular formula is C24H18BrFN2O4. The molecule has 0 unspecified atom stereocenters. The molecular weight excluding hydrogens is 479 g/mol. The van der Waals surface area contributed by atoms with E-state index in [-0.39, 0.29) is 5.69 Å². The number of carbonyl (C=O) groups is 2. The first kappa shape index (κ1) is 20.7. The molecule has 5 rings (SSSR count). The minimum absolute atomic E-state index is 0.0771. The molecule has 0 bridgehead atoms. The number of fused-ring (bicyclic) bond motifs is 1. The molecule has 0 aromatic heterocycles. The van der Waals surface area contributed by atoms with Gasteiger partial charge in [-0.2, -0.15) is 0 Å². The van der Waals surface area contributed by atoms with Crippen molar-refractivity contribution < 1.29 is 23.6 Å². The predicted octanol–water partition coefficient (Wildman–Crippen LogP) is 4.65. The zero-order valence-corrected chi connectivity index (χ0v) is 18.5. The summed E-state index contributed by atoms with van der Waals surface area (Å²) in [5.41, 5.74) is 1.29. The van der Waals surface area contributed by atoms with E-state index in [1.54, 1.807) is 24.3 Å². The van der Waals surface area contributed by atoms with Crippen LogP contribution in [-0.4, -0.2) is 25.0 Å². The molecule has 0 aliphatic carbocycles. The maximum Gasteiger partial charge on any atom is 0.266 e. The Bertz CT molecular complexity index is 1210. The summed E-state index contributed by atoms with van der Waals surface area (Å²) in [6.45, 7) is 0. The molecule has 2 amide bonds. The van der Waals surface area contributed by atoms with Gasteiger partial charge in [0.15, 0.2) is 6.10 Å². The molecule has 162 valence electrons. The zero-order chi connectivity index (χ0) is 22.4. The molecule has 8 heteroatoms. The van der Waals surface area contributed by atoms with E-state index in [0.29, 0.717) is 17.0 Å². The molecule has 2 aliphatic rings. The van der Waals surface area contributed by atoms with Gasteiger partial charge in [0.2, 0.25) is 5.91 Å². The quantitative estimate of drug-likeness (QED) is 0.492. The maximum atomic E-state index is 14.5. The van der Waals surface area contributed by atoms with Crippen LogP contribution in [0.15, 0.2) is 77.3 Å². The highest BCUT2D eigenvalue weighted by molar-refractivity contribution is 9.10. The third kappa shape index (κ3) is 3.18. The number of ether oxygens (including phenoxy) is 1. The standard InChI is InChI=1S/C24H18BrFN2O4/c1-31-19-12-11-14(25)13-16(19)21-20-22(32-28(21)15-7-3-2-4-8-15)24(30)27(23(20)29)18-10-6-5-9-17(18)26/h2-13,20-22H,1H3/t20-,21+,22-/m0/s1. The second-order valence-corrected chi connectivity index (χ2v) is 8.42. The molecule has 2 fully saturated rings. The van der Waals surface area contributed by atoms with E-state index < -0.39 is 35.7 Å². The first-order valence-corrected chi connectivity index (χ1v) is 10.8. The number of hydrogen-bond donors (Lipinski definition) is 0. The highest BCUT2D eigenvalue weighted by atomic mass is 79.9. The van der Waals surface area contributed by atoms with Crippen LogP contribution >= 0.6 is 15.9 Å². The third-order valence-corrected chi connectivity index (χ3v) is 6.22. The largest absolute Gasteiger partial charge is 0.496 e. The first-order chi connectivity index (χ1) is 15.5. The number of amides is 2. The van der Waals surface area contributed by atoms with Gasteiger partial charge in [0, 0.05) is 10.0 Å². The number of halogens is 2. The van der Waals surface area contributed by atoms with E-state index in [1.807, 2.05) is 42.5 Å². The van der Waals surface area contributed by atoms with Gasteiger partial charge in [-0.1, -0.05) is 46.3 Å². The van der Waals surface area contributed by atoms with Gasteiger partial charge < -0.3 is 4.74 Å². The molecule has 2 aliphatic heterocycles. The molecule has 2 saturated heterocycles. The molecule has 3 aromatic carbocycles. The molecule has 0 radical (unpaired) electrons. The fourth-order valence-electron chi connectivity index (χ4n) is 4.34. The fraction of sp³-hybridized carbons (Fsp3) is 0.167. The SMILES string of the molecule is COc1ccc(Br)cc1[C@@H]1[C@@H]2C(=O)N(c3ccccc3F)C(=O)[C@H]2ON1c1ccccc1. The van der Waals surface area contributed by atoms with Crippen LogP contribution in [0.3, 0.4) is 0 Å². The van der Waals surface area contributed by atoms with E-state index >= 15 is 0 Å². The highest BCUT2D eigenvalue weighted by Crippen LogP contribution is 2.50. The van der Waals surface area contributed by atoms with E-state index in [0.717, 1.165) is 9.37 Å². The first-order valence-electron chi connectivity index (χ1n) is 9.98. The summed E-state index contributed by atoms with van der Waals surface area (Å²) in [6, 6.07) is 19.7. The number of benzene rings is 3. The lowest BCUT2D eigenvalue weighted by Crippen LogP contribution is -2.38. The Balaban J connectivity index is 1.65. The minimum atomic E-state index is -1.09. The average molecular weight is 497 g/mol. The Kier molecular flexibility index (Phi) is 5.19. The molecule has 32 heavy (non-hydrogen) atoms. The number of hydroxylamine groups is 1. The number of anilines is 2. The molecule has 0 spiro atoms. The van der Waals surface area contributed by atoms with Crippen molar-refractivity contribution in [2.24, 2.45) is 5.92 Å². The third-order valence-electron chi connectivity index (χ3n) is 5.73. The predicted molar refractivity (Wildman–Crippen MR) is 120 cm³/mol. The van der Waals surface area contributed by atoms with Crippen LogP contribution in [0, 0.1) is 11.7 Å². The Morgan fingerprint density at radius 2 is 1.69 bits per heavy atom. The molecule has 3 atom stereocenters. The number of imide groups is 1. The van der Waals surface area contributed by atoms with E-state index in [2.05, 4.69) is 15.9 Å². The smallest absolute Gasteiger partial charge is 0.266 e. The van der Waals surface area contributed by atoms with Crippen LogP contribution < -0.4 is 14.7 Å². The van der Waals surface area contributed by atoms with Gasteiger partial charge in [-0.25, -0.2) is 14.4 Å². The molecule has 6 nitrogen and oxygen atoms in total. The molecule has 2 heterocycles. The Morgan fingerprint density at radius 3 is 2.41 bits per heavy atom. The Labute approximate surface area is 192 Å². The van der Waals surface area contributed by atoms with Crippen LogP contribution in [-0.2, 0) is 14.4 Å². The van der Waals surface area contributed by atoms with Crippen molar-refractivity contribution in [2.45, 2.75) is 12.1 Å². The van der Waals surface area contributed by atoms with Crippen LogP contribution in [0.5, 0.6) is 5.75 Å². The number of methoxy groups -OCH3 is 1. The summed E-state index contributed by atoms with van der Waals surface area (Å²) in [4.78, 5) is 33.8. The van der Waals surface area contributed by atoms with Gasteiger partial charge in [-0.05, 0) is 42.5 Å². The van der Waals surface area contributed by atoms with Gasteiger partial charge in [-0.15, -0.1) is 0 Å². The number of hydrogen-bond acceptors (Lipinski definition) is 5. The summed E-state index contributed by atoms with van der Waals surface area (Å²) in [5.74, 6) is -2.10. The van der Waals surface area contributed by atoms with E-state index in [4.69, 9.17) is 9.57 Å². The van der Waals surface area contributed by atoms with Gasteiger partial charge in [0.05, 0.1) is 24.5 Å². The topological polar surface area (TPSA) is 59.1 Å². The second kappa shape index (κ2) is 8.03. The Hall–Kier alpha value is -3.23. The average Bonchev–Trinajstić information content (AvgIpc) is 3.31. The van der Waals surface area contributed by atoms with Crippen molar-refractivity contribution in [3.8, 4) is 5.75 Å². The molecule has 3 aromatic rings. The van der Waals surface area contributed by atoms with Gasteiger partial charge >= 0.3 is 0 Å². The van der Waals surface area contributed by atoms with Crippen molar-refractivity contribution in [2.75, 3.05) is 17.1 Å². The number of para-hydroxylation sites is 2. The summed E-state index contributed by atoms with van der Waals surface area (Å²) in [6.07, 6.45) is -1.09. The maximum absolute atomic E-state index is 14.5. The molecule has 0 saturated carbocycles. The van der Waals surface area contributed by atoms with Crippen molar-refractivity contribution in [3.05, 3.63) is 88.6 Å². The zero-order valence-electron chi connectivity index (χ0n) is 16.9. The normalized spacial score (nSPS) is 22.4. The van der Waals surface area contributed by atoms with Crippen LogP contribution in [0.1, 0.15) is 11.6 Å².